The maximum atomic E-state index is 6.16. The van der Waals surface area contributed by atoms with E-state index < -0.39 is 0 Å². The van der Waals surface area contributed by atoms with E-state index in [9.17, 15) is 0 Å². The molecule has 0 heterocycles. The molecule has 0 amide bonds. The van der Waals surface area contributed by atoms with Gasteiger partial charge in [-0.05, 0) is 73.0 Å². The quantitative estimate of drug-likeness (QED) is 0.352. The summed E-state index contributed by atoms with van der Waals surface area (Å²) < 4.78 is 12.8. The topological polar surface area (TPSA) is 30.8 Å². The molecular formula is C23H21BrClNO2. The fraction of sp³-hybridized carbons (Fsp3) is 0.174. The smallest absolute Gasteiger partial charge is 0.161 e. The zero-order valence-electron chi connectivity index (χ0n) is 15.8. The van der Waals surface area contributed by atoms with Crippen LogP contribution in [0.15, 0.2) is 70.1 Å². The van der Waals surface area contributed by atoms with Gasteiger partial charge in [0.1, 0.15) is 6.61 Å². The predicted octanol–water partition coefficient (Wildman–Crippen LogP) is 7.14. The van der Waals surface area contributed by atoms with E-state index in [2.05, 4.69) is 20.9 Å². The third kappa shape index (κ3) is 5.60. The molecule has 0 spiro atoms. The van der Waals surface area contributed by atoms with Gasteiger partial charge in [-0.25, -0.2) is 0 Å². The normalized spacial score (nSPS) is 11.0. The lowest BCUT2D eigenvalue weighted by Crippen LogP contribution is -2.00. The van der Waals surface area contributed by atoms with Crippen molar-refractivity contribution in [2.24, 2.45) is 4.99 Å². The van der Waals surface area contributed by atoms with Gasteiger partial charge in [0, 0.05) is 15.7 Å². The molecule has 0 saturated carbocycles. The maximum absolute atomic E-state index is 6.16. The fourth-order valence-corrected chi connectivity index (χ4v) is 2.98. The molecule has 0 saturated heterocycles. The molecule has 0 aliphatic heterocycles. The van der Waals surface area contributed by atoms with Crippen molar-refractivity contribution in [2.45, 2.75) is 20.5 Å². The van der Waals surface area contributed by atoms with Crippen LogP contribution in [0.4, 0.5) is 5.69 Å². The highest BCUT2D eigenvalue weighted by Gasteiger charge is 2.07. The lowest BCUT2D eigenvalue weighted by molar-refractivity contribution is 0.269. The van der Waals surface area contributed by atoms with Crippen molar-refractivity contribution in [2.75, 3.05) is 6.61 Å². The molecular weight excluding hydrogens is 438 g/mol. The Hall–Kier alpha value is -2.30. The van der Waals surface area contributed by atoms with E-state index in [1.54, 1.807) is 6.21 Å². The minimum atomic E-state index is 0.475. The van der Waals surface area contributed by atoms with Gasteiger partial charge >= 0.3 is 0 Å². The number of nitrogens with zero attached hydrogens (tertiary/aromatic N) is 1. The number of ether oxygens (including phenoxy) is 2. The highest BCUT2D eigenvalue weighted by Crippen LogP contribution is 2.29. The molecule has 3 aromatic carbocycles. The molecule has 0 N–H and O–H groups in total. The van der Waals surface area contributed by atoms with Crippen molar-refractivity contribution in [3.63, 3.8) is 0 Å². The van der Waals surface area contributed by atoms with Crippen LogP contribution in [-0.2, 0) is 6.61 Å². The highest BCUT2D eigenvalue weighted by atomic mass is 79.9. The van der Waals surface area contributed by atoms with Crippen LogP contribution in [0.2, 0.25) is 5.02 Å². The number of rotatable bonds is 7. The molecule has 0 bridgehead atoms. The minimum absolute atomic E-state index is 0.475. The molecule has 0 aromatic heterocycles. The van der Waals surface area contributed by atoms with Crippen molar-refractivity contribution in [1.29, 1.82) is 0 Å². The summed E-state index contributed by atoms with van der Waals surface area (Å²) in [5.41, 5.74) is 3.86. The molecule has 3 aromatic rings. The van der Waals surface area contributed by atoms with Crippen LogP contribution in [0.25, 0.3) is 0 Å². The average molecular weight is 459 g/mol. The molecule has 3 rings (SSSR count). The van der Waals surface area contributed by atoms with E-state index >= 15 is 0 Å². The van der Waals surface area contributed by atoms with Crippen LogP contribution in [-0.4, -0.2) is 12.8 Å². The first-order chi connectivity index (χ1) is 13.5. The molecule has 0 aliphatic carbocycles. The summed E-state index contributed by atoms with van der Waals surface area (Å²) in [7, 11) is 0. The van der Waals surface area contributed by atoms with E-state index in [-0.39, 0.29) is 0 Å². The van der Waals surface area contributed by atoms with Crippen molar-refractivity contribution < 1.29 is 9.47 Å². The Balaban J connectivity index is 1.75. The predicted molar refractivity (Wildman–Crippen MR) is 120 cm³/mol. The van der Waals surface area contributed by atoms with Crippen molar-refractivity contribution in [3.8, 4) is 11.5 Å². The first-order valence-electron chi connectivity index (χ1n) is 8.99. The summed E-state index contributed by atoms with van der Waals surface area (Å²) in [5.74, 6) is 1.41. The Kier molecular flexibility index (Phi) is 7.12. The van der Waals surface area contributed by atoms with Crippen LogP contribution in [0.1, 0.15) is 23.6 Å². The SMILES string of the molecule is CCOc1cc(C=Nc2ccc(C)c(Cl)c2)ccc1OCc1ccc(Br)cc1. The molecule has 0 radical (unpaired) electrons. The van der Waals surface area contributed by atoms with Crippen LogP contribution >= 0.6 is 27.5 Å². The molecule has 3 nitrogen and oxygen atoms in total. The Morgan fingerprint density at radius 3 is 2.46 bits per heavy atom. The van der Waals surface area contributed by atoms with E-state index in [1.165, 1.54) is 0 Å². The van der Waals surface area contributed by atoms with Gasteiger partial charge in [0.2, 0.25) is 0 Å². The van der Waals surface area contributed by atoms with E-state index in [4.69, 9.17) is 21.1 Å². The molecule has 0 unspecified atom stereocenters. The standard InChI is InChI=1S/C23H21BrClNO2/c1-3-27-23-12-18(14-26-20-10-4-16(2)21(25)13-20)7-11-22(23)28-15-17-5-8-19(24)9-6-17/h4-14H,3,15H2,1-2H3. The summed E-state index contributed by atoms with van der Waals surface area (Å²) >= 11 is 9.60. The fourth-order valence-electron chi connectivity index (χ4n) is 2.55. The van der Waals surface area contributed by atoms with Gasteiger partial charge in [-0.1, -0.05) is 45.7 Å². The van der Waals surface area contributed by atoms with Crippen molar-refractivity contribution >= 4 is 39.4 Å². The molecule has 5 heteroatoms. The second-order valence-corrected chi connectivity index (χ2v) is 7.57. The van der Waals surface area contributed by atoms with Crippen LogP contribution < -0.4 is 9.47 Å². The Morgan fingerprint density at radius 1 is 0.964 bits per heavy atom. The summed E-state index contributed by atoms with van der Waals surface area (Å²) in [4.78, 5) is 4.50. The van der Waals surface area contributed by atoms with Crippen LogP contribution in [0, 0.1) is 6.92 Å². The van der Waals surface area contributed by atoms with Gasteiger partial charge in [-0.2, -0.15) is 0 Å². The zero-order valence-corrected chi connectivity index (χ0v) is 18.1. The number of aliphatic imine (C=N–C) groups is 1. The molecule has 0 fully saturated rings. The maximum Gasteiger partial charge on any atom is 0.161 e. The molecule has 0 aliphatic rings. The van der Waals surface area contributed by atoms with Gasteiger partial charge in [-0.3, -0.25) is 4.99 Å². The highest BCUT2D eigenvalue weighted by molar-refractivity contribution is 9.10. The largest absolute Gasteiger partial charge is 0.490 e. The Labute approximate surface area is 179 Å². The minimum Gasteiger partial charge on any atom is -0.490 e. The third-order valence-electron chi connectivity index (χ3n) is 4.09. The van der Waals surface area contributed by atoms with Gasteiger partial charge in [0.25, 0.3) is 0 Å². The van der Waals surface area contributed by atoms with E-state index in [1.807, 2.05) is 74.5 Å². The summed E-state index contributed by atoms with van der Waals surface area (Å²) in [6.45, 7) is 4.95. The van der Waals surface area contributed by atoms with E-state index in [0.717, 1.165) is 26.9 Å². The monoisotopic (exact) mass is 457 g/mol. The van der Waals surface area contributed by atoms with Crippen LogP contribution in [0.3, 0.4) is 0 Å². The molecule has 144 valence electrons. The Bertz CT molecular complexity index is 971. The van der Waals surface area contributed by atoms with Gasteiger partial charge < -0.3 is 9.47 Å². The van der Waals surface area contributed by atoms with Gasteiger partial charge in [0.15, 0.2) is 11.5 Å². The average Bonchev–Trinajstić information content (AvgIpc) is 2.69. The second kappa shape index (κ2) is 9.76. The number of halogens is 2. The lowest BCUT2D eigenvalue weighted by Gasteiger charge is -2.12. The Morgan fingerprint density at radius 2 is 1.75 bits per heavy atom. The second-order valence-electron chi connectivity index (χ2n) is 6.25. The first kappa shape index (κ1) is 20.4. The number of hydrogen-bond donors (Lipinski definition) is 0. The first-order valence-corrected chi connectivity index (χ1v) is 10.2. The zero-order chi connectivity index (χ0) is 19.9. The van der Waals surface area contributed by atoms with Crippen molar-refractivity contribution in [3.05, 3.63) is 86.8 Å². The summed E-state index contributed by atoms with van der Waals surface area (Å²) in [6.07, 6.45) is 1.79. The third-order valence-corrected chi connectivity index (χ3v) is 5.03. The number of benzene rings is 3. The summed E-state index contributed by atoms with van der Waals surface area (Å²) in [6, 6.07) is 19.6. The van der Waals surface area contributed by atoms with Crippen LogP contribution in [0.5, 0.6) is 11.5 Å². The molecule has 28 heavy (non-hydrogen) atoms. The number of aryl methyl sites for hydroxylation is 1. The van der Waals surface area contributed by atoms with Crippen molar-refractivity contribution in [1.82, 2.24) is 0 Å². The number of hydrogen-bond acceptors (Lipinski definition) is 3. The van der Waals surface area contributed by atoms with Gasteiger partial charge in [0.05, 0.1) is 12.3 Å². The van der Waals surface area contributed by atoms with E-state index in [0.29, 0.717) is 29.7 Å². The molecule has 0 atom stereocenters. The summed E-state index contributed by atoms with van der Waals surface area (Å²) in [5, 5.41) is 0.710. The lowest BCUT2D eigenvalue weighted by atomic mass is 10.2. The van der Waals surface area contributed by atoms with Gasteiger partial charge in [-0.15, -0.1) is 0 Å².